The summed E-state index contributed by atoms with van der Waals surface area (Å²) in [6.07, 6.45) is 1.83. The molecule has 0 spiro atoms. The van der Waals surface area contributed by atoms with Crippen LogP contribution in [0.2, 0.25) is 0 Å². The number of benzene rings is 1. The highest BCUT2D eigenvalue weighted by atomic mass is 32.2. The molecule has 0 radical (unpaired) electrons. The minimum atomic E-state index is -0.756. The lowest BCUT2D eigenvalue weighted by atomic mass is 10.2. The van der Waals surface area contributed by atoms with Crippen molar-refractivity contribution in [1.82, 2.24) is 14.5 Å². The molecular weight excluding hydrogens is 427 g/mol. The first kappa shape index (κ1) is 22.8. The van der Waals surface area contributed by atoms with Gasteiger partial charge in [0.1, 0.15) is 16.4 Å². The van der Waals surface area contributed by atoms with Crippen LogP contribution in [0.25, 0.3) is 0 Å². The number of nitrogens with one attached hydrogen (secondary N) is 1. The van der Waals surface area contributed by atoms with E-state index < -0.39 is 22.9 Å². The summed E-state index contributed by atoms with van der Waals surface area (Å²) in [6, 6.07) is 5.20. The summed E-state index contributed by atoms with van der Waals surface area (Å²) in [5.41, 5.74) is -1.36. The third-order valence-electron chi connectivity index (χ3n) is 4.80. The largest absolute Gasteiger partial charge is 0.494 e. The lowest BCUT2D eigenvalue weighted by Gasteiger charge is -2.13. The molecule has 2 heterocycles. The molecule has 1 aliphatic heterocycles. The fourth-order valence-corrected chi connectivity index (χ4v) is 3.89. The van der Waals surface area contributed by atoms with E-state index in [1.165, 1.54) is 38.4 Å². The van der Waals surface area contributed by atoms with Crippen LogP contribution in [-0.4, -0.2) is 50.2 Å². The Morgan fingerprint density at radius 1 is 1.29 bits per heavy atom. The van der Waals surface area contributed by atoms with Gasteiger partial charge in [-0.05, 0) is 37.1 Å². The summed E-state index contributed by atoms with van der Waals surface area (Å²) >= 11 is 0.931. The normalized spacial score (nSPS) is 16.5. The van der Waals surface area contributed by atoms with Crippen LogP contribution in [0.4, 0.5) is 10.1 Å². The Morgan fingerprint density at radius 2 is 2.00 bits per heavy atom. The molecule has 0 saturated carbocycles. The Morgan fingerprint density at radius 3 is 2.65 bits per heavy atom. The quantitative estimate of drug-likeness (QED) is 0.502. The van der Waals surface area contributed by atoms with Crippen LogP contribution in [0.15, 0.2) is 38.8 Å². The monoisotopic (exact) mass is 450 g/mol. The molecule has 0 unspecified atom stereocenters. The molecule has 1 saturated heterocycles. The van der Waals surface area contributed by atoms with Crippen molar-refractivity contribution in [3.63, 3.8) is 0 Å². The van der Waals surface area contributed by atoms with Crippen LogP contribution >= 0.6 is 11.8 Å². The van der Waals surface area contributed by atoms with E-state index in [0.717, 1.165) is 33.7 Å². The number of carbonyl (C=O) groups is 1. The molecule has 0 bridgehead atoms. The van der Waals surface area contributed by atoms with E-state index in [1.54, 1.807) is 0 Å². The zero-order valence-corrected chi connectivity index (χ0v) is 17.9. The SMILES string of the molecule is Cn1c(O)c(C(=Nc2ccc(F)cc2)SCC(=O)NC[C@@H]2CCCO2)c(=O)n(C)c1=O. The van der Waals surface area contributed by atoms with Crippen LogP contribution in [0, 0.1) is 5.82 Å². The molecule has 1 amide bonds. The van der Waals surface area contributed by atoms with Gasteiger partial charge < -0.3 is 15.2 Å². The summed E-state index contributed by atoms with van der Waals surface area (Å²) in [5, 5.41) is 13.3. The smallest absolute Gasteiger partial charge is 0.333 e. The summed E-state index contributed by atoms with van der Waals surface area (Å²) in [7, 11) is 2.59. The molecule has 31 heavy (non-hydrogen) atoms. The summed E-state index contributed by atoms with van der Waals surface area (Å²) in [5.74, 6) is -1.41. The number of rotatable bonds is 6. The number of halogens is 1. The molecular formula is C20H23FN4O5S. The molecule has 1 aromatic heterocycles. The van der Waals surface area contributed by atoms with E-state index in [9.17, 15) is 23.9 Å². The lowest BCUT2D eigenvalue weighted by molar-refractivity contribution is -0.119. The van der Waals surface area contributed by atoms with Gasteiger partial charge in [-0.2, -0.15) is 0 Å². The van der Waals surface area contributed by atoms with Crippen molar-refractivity contribution in [3.8, 4) is 5.88 Å². The average molecular weight is 450 g/mol. The highest BCUT2D eigenvalue weighted by Crippen LogP contribution is 2.23. The zero-order chi connectivity index (χ0) is 22.5. The Bertz CT molecular complexity index is 1100. The Labute approximate surface area is 181 Å². The standard InChI is InChI=1S/C20H23FN4O5S/c1-24-18(27)16(19(28)25(2)20(24)29)17(23-13-7-5-12(21)6-8-13)31-11-15(26)22-10-14-4-3-9-30-14/h5-8,14,27H,3-4,9-11H2,1-2H3,(H,22,26)/t14-/m0/s1. The number of ether oxygens (including phenoxy) is 1. The topological polar surface area (TPSA) is 115 Å². The second-order valence-corrected chi connectivity index (χ2v) is 7.99. The van der Waals surface area contributed by atoms with Crippen molar-refractivity contribution in [1.29, 1.82) is 0 Å². The number of aromatic hydroxyl groups is 1. The van der Waals surface area contributed by atoms with E-state index in [4.69, 9.17) is 4.74 Å². The first-order valence-electron chi connectivity index (χ1n) is 9.62. The molecule has 1 aliphatic rings. The number of aromatic nitrogens is 2. The number of hydrogen-bond donors (Lipinski definition) is 2. The number of amides is 1. The number of thioether (sulfide) groups is 1. The van der Waals surface area contributed by atoms with Gasteiger partial charge in [0.15, 0.2) is 0 Å². The molecule has 1 aromatic carbocycles. The first-order chi connectivity index (χ1) is 14.8. The van der Waals surface area contributed by atoms with Gasteiger partial charge in [0, 0.05) is 27.2 Å². The van der Waals surface area contributed by atoms with Gasteiger partial charge in [-0.25, -0.2) is 14.2 Å². The van der Waals surface area contributed by atoms with Crippen LogP contribution < -0.4 is 16.6 Å². The summed E-state index contributed by atoms with van der Waals surface area (Å²) < 4.78 is 20.5. The van der Waals surface area contributed by atoms with Gasteiger partial charge >= 0.3 is 5.69 Å². The Kier molecular flexibility index (Phi) is 7.29. The second-order valence-electron chi connectivity index (χ2n) is 7.03. The average Bonchev–Trinajstić information content (AvgIpc) is 3.28. The van der Waals surface area contributed by atoms with Crippen LogP contribution in [-0.2, 0) is 23.6 Å². The fourth-order valence-electron chi connectivity index (χ4n) is 3.03. The molecule has 11 heteroatoms. The number of carbonyl (C=O) groups excluding carboxylic acids is 1. The predicted octanol–water partition coefficient (Wildman–Crippen LogP) is 1.04. The van der Waals surface area contributed by atoms with E-state index in [-0.39, 0.29) is 28.4 Å². The number of aliphatic imine (C=N–C) groups is 1. The van der Waals surface area contributed by atoms with Gasteiger partial charge in [0.2, 0.25) is 11.8 Å². The van der Waals surface area contributed by atoms with Gasteiger partial charge in [0.25, 0.3) is 5.56 Å². The van der Waals surface area contributed by atoms with Gasteiger partial charge in [0.05, 0.1) is 17.5 Å². The molecule has 3 rings (SSSR count). The third kappa shape index (κ3) is 5.42. The molecule has 1 fully saturated rings. The van der Waals surface area contributed by atoms with Crippen LogP contribution in [0.3, 0.4) is 0 Å². The second kappa shape index (κ2) is 9.92. The van der Waals surface area contributed by atoms with Crippen molar-refractivity contribution < 1.29 is 19.0 Å². The first-order valence-corrected chi connectivity index (χ1v) is 10.6. The highest BCUT2D eigenvalue weighted by Gasteiger charge is 2.22. The Hall–Kier alpha value is -2.92. The van der Waals surface area contributed by atoms with Gasteiger partial charge in [-0.15, -0.1) is 0 Å². The van der Waals surface area contributed by atoms with E-state index in [0.29, 0.717) is 18.8 Å². The molecule has 0 aliphatic carbocycles. The maximum atomic E-state index is 13.2. The highest BCUT2D eigenvalue weighted by molar-refractivity contribution is 8.15. The minimum Gasteiger partial charge on any atom is -0.494 e. The number of nitrogens with zero attached hydrogens (tertiary/aromatic N) is 3. The maximum Gasteiger partial charge on any atom is 0.333 e. The van der Waals surface area contributed by atoms with Crippen molar-refractivity contribution in [2.75, 3.05) is 18.9 Å². The molecule has 2 N–H and O–H groups in total. The lowest BCUT2D eigenvalue weighted by Crippen LogP contribution is -2.40. The van der Waals surface area contributed by atoms with E-state index in [2.05, 4.69) is 10.3 Å². The Balaban J connectivity index is 1.89. The maximum absolute atomic E-state index is 13.2. The fraction of sp³-hybridized carbons (Fsp3) is 0.400. The molecule has 2 aromatic rings. The molecule has 1 atom stereocenters. The van der Waals surface area contributed by atoms with Crippen LogP contribution in [0.1, 0.15) is 18.4 Å². The van der Waals surface area contributed by atoms with Crippen molar-refractivity contribution in [2.45, 2.75) is 18.9 Å². The summed E-state index contributed by atoms with van der Waals surface area (Å²) in [6.45, 7) is 1.07. The molecule has 166 valence electrons. The van der Waals surface area contributed by atoms with Gasteiger partial charge in [-0.3, -0.25) is 18.7 Å². The summed E-state index contributed by atoms with van der Waals surface area (Å²) in [4.78, 5) is 41.4. The predicted molar refractivity (Wildman–Crippen MR) is 116 cm³/mol. The van der Waals surface area contributed by atoms with Crippen LogP contribution in [0.5, 0.6) is 5.88 Å². The zero-order valence-electron chi connectivity index (χ0n) is 17.1. The van der Waals surface area contributed by atoms with E-state index >= 15 is 0 Å². The van der Waals surface area contributed by atoms with Crippen molar-refractivity contribution >= 4 is 28.4 Å². The van der Waals surface area contributed by atoms with Gasteiger partial charge in [-0.1, -0.05) is 11.8 Å². The van der Waals surface area contributed by atoms with Crippen molar-refractivity contribution in [3.05, 3.63) is 56.5 Å². The number of hydrogen-bond acceptors (Lipinski definition) is 7. The van der Waals surface area contributed by atoms with E-state index in [1.807, 2.05) is 0 Å². The molecule has 9 nitrogen and oxygen atoms in total. The third-order valence-corrected chi connectivity index (χ3v) is 5.77. The minimum absolute atomic E-state index is 0.0127. The van der Waals surface area contributed by atoms with Crippen molar-refractivity contribution in [2.24, 2.45) is 19.1 Å².